The molecule has 1 aliphatic heterocycles. The summed E-state index contributed by atoms with van der Waals surface area (Å²) in [6.45, 7) is 3.28. The van der Waals surface area contributed by atoms with Crippen molar-refractivity contribution < 1.29 is 12.9 Å². The van der Waals surface area contributed by atoms with E-state index < -0.39 is 10.0 Å². The van der Waals surface area contributed by atoms with E-state index in [-0.39, 0.29) is 18.4 Å². The molecule has 0 bridgehead atoms. The molecule has 140 valence electrons. The average molecular weight is 407 g/mol. The Bertz CT molecular complexity index is 784. The van der Waals surface area contributed by atoms with E-state index in [1.807, 2.05) is 20.0 Å². The fourth-order valence-electron chi connectivity index (χ4n) is 2.62. The molecule has 3 heterocycles. The van der Waals surface area contributed by atoms with E-state index in [2.05, 4.69) is 15.5 Å². The van der Waals surface area contributed by atoms with Crippen molar-refractivity contribution in [2.24, 2.45) is 0 Å². The van der Waals surface area contributed by atoms with Crippen molar-refractivity contribution in [3.05, 3.63) is 28.7 Å². The Morgan fingerprint density at radius 1 is 1.36 bits per heavy atom. The summed E-state index contributed by atoms with van der Waals surface area (Å²) in [5.41, 5.74) is 0. The minimum atomic E-state index is -3.35. The molecule has 1 fully saturated rings. The second kappa shape index (κ2) is 8.59. The topological polar surface area (TPSA) is 88.3 Å². The summed E-state index contributed by atoms with van der Waals surface area (Å²) in [7, 11) is -1.46. The van der Waals surface area contributed by atoms with E-state index in [9.17, 15) is 8.42 Å². The Balaban J connectivity index is 0.00000225. The monoisotopic (exact) mass is 406 g/mol. The molecule has 0 radical (unpaired) electrons. The molecule has 0 aliphatic carbocycles. The number of nitrogens with zero attached hydrogens (tertiary/aromatic N) is 3. The van der Waals surface area contributed by atoms with E-state index in [1.54, 1.807) is 10.4 Å². The van der Waals surface area contributed by atoms with Gasteiger partial charge in [0.05, 0.1) is 6.42 Å². The Morgan fingerprint density at radius 2 is 2.08 bits per heavy atom. The molecule has 1 unspecified atom stereocenters. The van der Waals surface area contributed by atoms with Crippen molar-refractivity contribution >= 4 is 33.8 Å². The standard InChI is InChI=1S/C15H22N4O3S2.ClH/c1-11(16-2)9-13-17-14(22-18-13)10-12-5-6-15(23-12)24(20,21)19-7-3-4-8-19;/h5-6,11,16H,3-4,7-10H2,1-2H3;1H. The van der Waals surface area contributed by atoms with E-state index in [0.717, 1.165) is 17.7 Å². The highest BCUT2D eigenvalue weighted by atomic mass is 35.5. The maximum atomic E-state index is 12.5. The normalized spacial score (nSPS) is 16.7. The zero-order valence-corrected chi connectivity index (χ0v) is 16.7. The lowest BCUT2D eigenvalue weighted by Gasteiger charge is -2.13. The molecule has 10 heteroatoms. The first-order valence-corrected chi connectivity index (χ1v) is 10.3. The van der Waals surface area contributed by atoms with Crippen LogP contribution in [0, 0.1) is 0 Å². The molecule has 0 saturated carbocycles. The highest BCUT2D eigenvalue weighted by Crippen LogP contribution is 2.28. The van der Waals surface area contributed by atoms with Gasteiger partial charge in [-0.1, -0.05) is 5.16 Å². The van der Waals surface area contributed by atoms with Crippen LogP contribution in [0.15, 0.2) is 20.9 Å². The van der Waals surface area contributed by atoms with Crippen LogP contribution in [0.2, 0.25) is 0 Å². The van der Waals surface area contributed by atoms with Crippen LogP contribution in [0.3, 0.4) is 0 Å². The molecule has 1 N–H and O–H groups in total. The molecule has 2 aromatic rings. The summed E-state index contributed by atoms with van der Waals surface area (Å²) >= 11 is 1.28. The molecule has 0 amide bonds. The summed E-state index contributed by atoms with van der Waals surface area (Å²) in [6, 6.07) is 3.77. The van der Waals surface area contributed by atoms with Crippen molar-refractivity contribution in [1.29, 1.82) is 0 Å². The fraction of sp³-hybridized carbons (Fsp3) is 0.600. The Morgan fingerprint density at radius 3 is 2.76 bits per heavy atom. The lowest BCUT2D eigenvalue weighted by molar-refractivity contribution is 0.377. The Kier molecular flexibility index (Phi) is 6.98. The maximum absolute atomic E-state index is 12.5. The largest absolute Gasteiger partial charge is 0.339 e. The first-order chi connectivity index (χ1) is 11.5. The predicted octanol–water partition coefficient (Wildman–Crippen LogP) is 2.08. The van der Waals surface area contributed by atoms with Crippen LogP contribution in [0.4, 0.5) is 0 Å². The molecule has 7 nitrogen and oxygen atoms in total. The summed E-state index contributed by atoms with van der Waals surface area (Å²) in [6.07, 6.45) is 3.03. The first-order valence-electron chi connectivity index (χ1n) is 8.06. The average Bonchev–Trinajstić information content (AvgIpc) is 3.29. The summed E-state index contributed by atoms with van der Waals surface area (Å²) < 4.78 is 32.3. The zero-order valence-electron chi connectivity index (χ0n) is 14.3. The summed E-state index contributed by atoms with van der Waals surface area (Å²) in [4.78, 5) is 5.28. The Labute approximate surface area is 158 Å². The van der Waals surface area contributed by atoms with Gasteiger partial charge in [0.25, 0.3) is 10.0 Å². The fourth-order valence-corrected chi connectivity index (χ4v) is 5.64. The molecular formula is C15H23ClN4O3S2. The van der Waals surface area contributed by atoms with Gasteiger partial charge in [-0.3, -0.25) is 0 Å². The third-order valence-electron chi connectivity index (χ3n) is 4.11. The van der Waals surface area contributed by atoms with Gasteiger partial charge in [-0.25, -0.2) is 8.42 Å². The van der Waals surface area contributed by atoms with E-state index in [1.165, 1.54) is 11.3 Å². The Hall–Kier alpha value is -1.00. The lowest BCUT2D eigenvalue weighted by Crippen LogP contribution is -2.27. The molecule has 25 heavy (non-hydrogen) atoms. The van der Waals surface area contributed by atoms with Crippen molar-refractivity contribution in [1.82, 2.24) is 19.8 Å². The summed E-state index contributed by atoms with van der Waals surface area (Å²) in [5.74, 6) is 1.17. The van der Waals surface area contributed by atoms with Gasteiger partial charge in [0.1, 0.15) is 4.21 Å². The van der Waals surface area contributed by atoms with Gasteiger partial charge >= 0.3 is 0 Å². The molecule has 1 saturated heterocycles. The highest BCUT2D eigenvalue weighted by molar-refractivity contribution is 7.91. The number of halogens is 1. The highest BCUT2D eigenvalue weighted by Gasteiger charge is 2.28. The van der Waals surface area contributed by atoms with Crippen LogP contribution in [0.25, 0.3) is 0 Å². The number of likely N-dealkylation sites (N-methyl/N-ethyl adjacent to an activating group) is 1. The van der Waals surface area contributed by atoms with Gasteiger partial charge in [-0.2, -0.15) is 9.29 Å². The SMILES string of the molecule is CNC(C)Cc1noc(Cc2ccc(S(=O)(=O)N3CCCC3)s2)n1.Cl. The molecule has 2 aromatic heterocycles. The minimum Gasteiger partial charge on any atom is -0.339 e. The van der Waals surface area contributed by atoms with Gasteiger partial charge in [-0.05, 0) is 38.9 Å². The molecule has 1 aliphatic rings. The third-order valence-corrected chi connectivity index (χ3v) is 7.56. The molecule has 0 spiro atoms. The molecule has 0 aromatic carbocycles. The number of hydrogen-bond donors (Lipinski definition) is 1. The molecular weight excluding hydrogens is 384 g/mol. The van der Waals surface area contributed by atoms with Crippen LogP contribution >= 0.6 is 23.7 Å². The lowest BCUT2D eigenvalue weighted by atomic mass is 10.2. The first kappa shape index (κ1) is 20.3. The maximum Gasteiger partial charge on any atom is 0.252 e. The van der Waals surface area contributed by atoms with Crippen molar-refractivity contribution in [2.45, 2.75) is 42.9 Å². The van der Waals surface area contributed by atoms with Gasteiger partial charge in [0.15, 0.2) is 5.82 Å². The number of aromatic nitrogens is 2. The van der Waals surface area contributed by atoms with Gasteiger partial charge in [0, 0.05) is 30.4 Å². The number of nitrogens with one attached hydrogen (secondary N) is 1. The number of sulfonamides is 1. The van der Waals surface area contributed by atoms with Gasteiger partial charge in [0.2, 0.25) is 5.89 Å². The minimum absolute atomic E-state index is 0. The van der Waals surface area contributed by atoms with E-state index >= 15 is 0 Å². The number of thiophene rings is 1. The van der Waals surface area contributed by atoms with Crippen molar-refractivity contribution in [2.75, 3.05) is 20.1 Å². The number of hydrogen-bond acceptors (Lipinski definition) is 7. The third kappa shape index (κ3) is 4.79. The summed E-state index contributed by atoms with van der Waals surface area (Å²) in [5, 5.41) is 7.10. The predicted molar refractivity (Wildman–Crippen MR) is 98.9 cm³/mol. The molecule has 1 atom stereocenters. The van der Waals surface area contributed by atoms with Crippen LogP contribution in [-0.2, 0) is 22.9 Å². The number of rotatable bonds is 7. The van der Waals surface area contributed by atoms with Crippen molar-refractivity contribution in [3.63, 3.8) is 0 Å². The second-order valence-corrected chi connectivity index (χ2v) is 9.34. The van der Waals surface area contributed by atoms with Crippen LogP contribution < -0.4 is 5.32 Å². The van der Waals surface area contributed by atoms with Crippen LogP contribution in [0.1, 0.15) is 36.4 Å². The quantitative estimate of drug-likeness (QED) is 0.757. The van der Waals surface area contributed by atoms with Crippen LogP contribution in [-0.4, -0.2) is 49.0 Å². The smallest absolute Gasteiger partial charge is 0.252 e. The van der Waals surface area contributed by atoms with Gasteiger partial charge < -0.3 is 9.84 Å². The van der Waals surface area contributed by atoms with Crippen LogP contribution in [0.5, 0.6) is 0 Å². The second-order valence-electron chi connectivity index (χ2n) is 6.01. The van der Waals surface area contributed by atoms with E-state index in [4.69, 9.17) is 4.52 Å². The van der Waals surface area contributed by atoms with Crippen molar-refractivity contribution in [3.8, 4) is 0 Å². The van der Waals surface area contributed by atoms with E-state index in [0.29, 0.717) is 41.9 Å². The van der Waals surface area contributed by atoms with Gasteiger partial charge in [-0.15, -0.1) is 23.7 Å². The zero-order chi connectivity index (χ0) is 17.2. The molecule has 3 rings (SSSR count).